The number of carbonyl (C=O) groups is 1. The first-order chi connectivity index (χ1) is 10.6. The first-order valence-corrected chi connectivity index (χ1v) is 8.60. The highest BCUT2D eigenvalue weighted by Crippen LogP contribution is 2.36. The molecule has 0 aliphatic carbocycles. The number of piperidine rings is 2. The summed E-state index contributed by atoms with van der Waals surface area (Å²) in [6, 6.07) is 1.92. The maximum atomic E-state index is 13.4. The molecule has 5 nitrogen and oxygen atoms in total. The highest BCUT2D eigenvalue weighted by molar-refractivity contribution is 5.84. The predicted molar refractivity (Wildman–Crippen MR) is 86.5 cm³/mol. The van der Waals surface area contributed by atoms with Gasteiger partial charge in [-0.3, -0.25) is 9.48 Å². The van der Waals surface area contributed by atoms with Crippen molar-refractivity contribution in [2.45, 2.75) is 51.5 Å². The van der Waals surface area contributed by atoms with Crippen molar-refractivity contribution in [1.82, 2.24) is 20.0 Å². The normalized spacial score (nSPS) is 28.5. The first-order valence-electron chi connectivity index (χ1n) is 8.60. The van der Waals surface area contributed by atoms with Gasteiger partial charge in [0.05, 0.1) is 0 Å². The van der Waals surface area contributed by atoms with Crippen LogP contribution in [0.5, 0.6) is 0 Å². The van der Waals surface area contributed by atoms with E-state index < -0.39 is 5.54 Å². The summed E-state index contributed by atoms with van der Waals surface area (Å²) in [7, 11) is 0. The van der Waals surface area contributed by atoms with Gasteiger partial charge >= 0.3 is 0 Å². The molecule has 3 rings (SSSR count). The molecule has 2 aliphatic rings. The van der Waals surface area contributed by atoms with E-state index in [0.29, 0.717) is 0 Å². The summed E-state index contributed by atoms with van der Waals surface area (Å²) < 4.78 is 1.91. The van der Waals surface area contributed by atoms with Crippen LogP contribution in [0.15, 0.2) is 18.5 Å². The Morgan fingerprint density at radius 3 is 2.73 bits per heavy atom. The third kappa shape index (κ3) is 2.67. The maximum Gasteiger partial charge on any atom is 0.250 e. The molecule has 0 spiro atoms. The zero-order valence-corrected chi connectivity index (χ0v) is 13.8. The molecule has 1 N–H and O–H groups in total. The Balaban J connectivity index is 1.87. The Morgan fingerprint density at radius 1 is 1.32 bits per heavy atom. The lowest BCUT2D eigenvalue weighted by molar-refractivity contribution is -0.146. The molecule has 0 saturated carbocycles. The summed E-state index contributed by atoms with van der Waals surface area (Å²) in [6.45, 7) is 8.09. The molecule has 1 atom stereocenters. The third-order valence-corrected chi connectivity index (χ3v) is 5.69. The van der Waals surface area contributed by atoms with Crippen molar-refractivity contribution in [3.63, 3.8) is 0 Å². The van der Waals surface area contributed by atoms with Crippen molar-refractivity contribution in [1.29, 1.82) is 0 Å². The average Bonchev–Trinajstić information content (AvgIpc) is 3.10. The van der Waals surface area contributed by atoms with Crippen LogP contribution in [0.25, 0.3) is 0 Å². The number of nitrogens with zero attached hydrogens (tertiary/aromatic N) is 3. The number of hydrogen-bond acceptors (Lipinski definition) is 3. The fourth-order valence-corrected chi connectivity index (χ4v) is 3.98. The van der Waals surface area contributed by atoms with Crippen LogP contribution < -0.4 is 5.32 Å². The Hall–Kier alpha value is -1.36. The molecule has 22 heavy (non-hydrogen) atoms. The van der Waals surface area contributed by atoms with Gasteiger partial charge in [-0.1, -0.05) is 13.8 Å². The van der Waals surface area contributed by atoms with Gasteiger partial charge in [0, 0.05) is 25.5 Å². The topological polar surface area (TPSA) is 50.2 Å². The summed E-state index contributed by atoms with van der Waals surface area (Å²) in [5, 5.41) is 7.80. The molecule has 0 bridgehead atoms. The molecule has 2 fully saturated rings. The first kappa shape index (κ1) is 15.5. The van der Waals surface area contributed by atoms with E-state index in [2.05, 4.69) is 29.2 Å². The monoisotopic (exact) mass is 304 g/mol. The number of hydrogen-bond donors (Lipinski definition) is 1. The van der Waals surface area contributed by atoms with Gasteiger partial charge in [-0.25, -0.2) is 0 Å². The predicted octanol–water partition coefficient (Wildman–Crippen LogP) is 2.00. The zero-order valence-electron chi connectivity index (χ0n) is 13.8. The molecule has 3 heterocycles. The molecular formula is C17H28N4O. The van der Waals surface area contributed by atoms with Crippen LogP contribution in [0.1, 0.15) is 46.0 Å². The van der Waals surface area contributed by atoms with Crippen molar-refractivity contribution in [3.8, 4) is 0 Å². The standard InChI is InChI=1S/C17H28N4O/c1-3-16(2)6-4-12-20(14-16)15(22)17(7-10-18-11-8-17)21-13-5-9-19-21/h5,9,13,18H,3-4,6-8,10-12,14H2,1-2H3. The fourth-order valence-electron chi connectivity index (χ4n) is 3.98. The van der Waals surface area contributed by atoms with Crippen LogP contribution in [-0.4, -0.2) is 46.8 Å². The summed E-state index contributed by atoms with van der Waals surface area (Å²) in [6.07, 6.45) is 8.86. The Bertz CT molecular complexity index is 507. The van der Waals surface area contributed by atoms with Gasteiger partial charge in [0.25, 0.3) is 5.91 Å². The number of amides is 1. The second kappa shape index (κ2) is 6.03. The lowest BCUT2D eigenvalue weighted by Crippen LogP contribution is -2.58. The second-order valence-electron chi connectivity index (χ2n) is 7.23. The maximum absolute atomic E-state index is 13.4. The van der Waals surface area contributed by atoms with Crippen LogP contribution >= 0.6 is 0 Å². The van der Waals surface area contributed by atoms with Crippen molar-refractivity contribution < 1.29 is 4.79 Å². The molecule has 5 heteroatoms. The smallest absolute Gasteiger partial charge is 0.250 e. The van der Waals surface area contributed by atoms with E-state index in [1.165, 1.54) is 6.42 Å². The molecule has 122 valence electrons. The number of carbonyl (C=O) groups excluding carboxylic acids is 1. The fraction of sp³-hybridized carbons (Fsp3) is 0.765. The van der Waals surface area contributed by atoms with Crippen LogP contribution in [0, 0.1) is 5.41 Å². The molecule has 2 saturated heterocycles. The minimum atomic E-state index is -0.485. The van der Waals surface area contributed by atoms with Crippen LogP contribution in [-0.2, 0) is 10.3 Å². The van der Waals surface area contributed by atoms with Crippen molar-refractivity contribution in [2.75, 3.05) is 26.2 Å². The van der Waals surface area contributed by atoms with E-state index in [0.717, 1.165) is 51.9 Å². The van der Waals surface area contributed by atoms with Gasteiger partial charge in [0.1, 0.15) is 5.54 Å². The Morgan fingerprint density at radius 2 is 2.09 bits per heavy atom. The highest BCUT2D eigenvalue weighted by Gasteiger charge is 2.46. The van der Waals surface area contributed by atoms with E-state index in [4.69, 9.17) is 0 Å². The molecule has 1 aromatic rings. The molecule has 1 aromatic heterocycles. The van der Waals surface area contributed by atoms with E-state index in [-0.39, 0.29) is 11.3 Å². The summed E-state index contributed by atoms with van der Waals surface area (Å²) in [5.41, 5.74) is -0.215. The van der Waals surface area contributed by atoms with Gasteiger partial charge in [0.15, 0.2) is 0 Å². The van der Waals surface area contributed by atoms with E-state index in [1.807, 2.05) is 16.9 Å². The molecular weight excluding hydrogens is 276 g/mol. The zero-order chi connectivity index (χ0) is 15.6. The minimum absolute atomic E-state index is 0.270. The van der Waals surface area contributed by atoms with Crippen molar-refractivity contribution >= 4 is 5.91 Å². The van der Waals surface area contributed by atoms with Gasteiger partial charge < -0.3 is 10.2 Å². The second-order valence-corrected chi connectivity index (χ2v) is 7.23. The highest BCUT2D eigenvalue weighted by atomic mass is 16.2. The van der Waals surface area contributed by atoms with Crippen LogP contribution in [0.4, 0.5) is 0 Å². The number of aromatic nitrogens is 2. The lowest BCUT2D eigenvalue weighted by atomic mass is 9.78. The summed E-state index contributed by atoms with van der Waals surface area (Å²) >= 11 is 0. The lowest BCUT2D eigenvalue weighted by Gasteiger charge is -2.45. The van der Waals surface area contributed by atoms with Gasteiger partial charge in [0.2, 0.25) is 0 Å². The van der Waals surface area contributed by atoms with Gasteiger partial charge in [-0.15, -0.1) is 0 Å². The van der Waals surface area contributed by atoms with Crippen LogP contribution in [0.2, 0.25) is 0 Å². The molecule has 0 radical (unpaired) electrons. The molecule has 1 amide bonds. The van der Waals surface area contributed by atoms with E-state index in [1.54, 1.807) is 6.20 Å². The SMILES string of the molecule is CCC1(C)CCCN(C(=O)C2(n3cccn3)CCNCC2)C1. The van der Waals surface area contributed by atoms with E-state index in [9.17, 15) is 4.79 Å². The quantitative estimate of drug-likeness (QED) is 0.929. The molecule has 2 aliphatic heterocycles. The number of nitrogens with one attached hydrogen (secondary N) is 1. The molecule has 0 aromatic carbocycles. The van der Waals surface area contributed by atoms with Gasteiger partial charge in [-0.2, -0.15) is 5.10 Å². The number of likely N-dealkylation sites (tertiary alicyclic amines) is 1. The third-order valence-electron chi connectivity index (χ3n) is 5.69. The van der Waals surface area contributed by atoms with Crippen LogP contribution in [0.3, 0.4) is 0 Å². The number of rotatable bonds is 3. The van der Waals surface area contributed by atoms with Crippen molar-refractivity contribution in [3.05, 3.63) is 18.5 Å². The Kier molecular flexibility index (Phi) is 4.26. The van der Waals surface area contributed by atoms with Gasteiger partial charge in [-0.05, 0) is 56.7 Å². The van der Waals surface area contributed by atoms with Crippen molar-refractivity contribution in [2.24, 2.45) is 5.41 Å². The average molecular weight is 304 g/mol. The molecule has 1 unspecified atom stereocenters. The minimum Gasteiger partial charge on any atom is -0.340 e. The largest absolute Gasteiger partial charge is 0.340 e. The Labute approximate surface area is 133 Å². The van der Waals surface area contributed by atoms with E-state index >= 15 is 0 Å². The summed E-state index contributed by atoms with van der Waals surface area (Å²) in [5.74, 6) is 0.275. The summed E-state index contributed by atoms with van der Waals surface area (Å²) in [4.78, 5) is 15.5.